The van der Waals surface area contributed by atoms with Crippen molar-refractivity contribution in [3.05, 3.63) is 181 Å². The molecule has 0 atom stereocenters. The molecule has 0 saturated heterocycles. The molecule has 11 aromatic rings. The summed E-state index contributed by atoms with van der Waals surface area (Å²) in [4.78, 5) is 14.6. The molecule has 0 aliphatic rings. The molecule has 6 aromatic carbocycles. The first-order valence-electron chi connectivity index (χ1n) is 23.7. The second kappa shape index (κ2) is 19.1. The Kier molecular flexibility index (Phi) is 13.2. The van der Waals surface area contributed by atoms with Gasteiger partial charge in [0, 0.05) is 59.2 Å². The summed E-state index contributed by atoms with van der Waals surface area (Å²) < 4.78 is 13.0. The van der Waals surface area contributed by atoms with E-state index in [0.29, 0.717) is 17.8 Å². The molecule has 0 bridgehead atoms. The van der Waals surface area contributed by atoms with Gasteiger partial charge in [0.1, 0.15) is 5.58 Å². The molecule has 5 aromatic heterocycles. The first-order chi connectivity index (χ1) is 32.4. The maximum atomic E-state index is 6.83. The summed E-state index contributed by atoms with van der Waals surface area (Å²) in [6, 6.07) is 53.7. The van der Waals surface area contributed by atoms with Gasteiger partial charge in [-0.25, -0.2) is 0 Å². The van der Waals surface area contributed by atoms with Gasteiger partial charge in [0.15, 0.2) is 0 Å². The molecule has 0 unspecified atom stereocenters. The summed E-state index contributed by atoms with van der Waals surface area (Å²) in [5.74, 6) is 9.39. The van der Waals surface area contributed by atoms with Crippen LogP contribution in [0.15, 0.2) is 156 Å². The standard InChI is InChI=1S/C42H33N4O.C18H24GeN.Ir/c1-25(2)27-15-11-16-28(26(3)4)40(27)46-37-24-43-23-22-33(37)44-42(46)32-20-21-36(39-31-14-7-10-19-38(31)47-41(32)39)45-34-17-8-5-12-29(34)30-13-6-9-18-35(30)45;1-14(2)11-16-12-18(15-9-7-6-8-10-15)20-13-17(16)19(3,4)5;/h5-19,21-26H,1-4H3;6-9,12-14H,11H2,1-5H3;/q2*-1;. The van der Waals surface area contributed by atoms with Gasteiger partial charge >= 0.3 is 126 Å². The molecule has 6 nitrogen and oxygen atoms in total. The summed E-state index contributed by atoms with van der Waals surface area (Å²) in [7, 11) is 0. The third-order valence-corrected chi connectivity index (χ3v) is 17.2. The normalized spacial score (nSPS) is 11.9. The minimum absolute atomic E-state index is 0. The van der Waals surface area contributed by atoms with Crippen molar-refractivity contribution >= 4 is 72.4 Å². The first kappa shape index (κ1) is 47.0. The van der Waals surface area contributed by atoms with Gasteiger partial charge in [-0.1, -0.05) is 106 Å². The van der Waals surface area contributed by atoms with Crippen molar-refractivity contribution in [2.45, 2.75) is 77.1 Å². The zero-order chi connectivity index (χ0) is 46.6. The minimum Gasteiger partial charge on any atom is -0.500 e. The maximum Gasteiger partial charge on any atom is 0.121 e. The van der Waals surface area contributed by atoms with Crippen molar-refractivity contribution in [1.29, 1.82) is 0 Å². The second-order valence-electron chi connectivity index (χ2n) is 19.8. The number of furan rings is 1. The van der Waals surface area contributed by atoms with Crippen LogP contribution in [0.2, 0.25) is 17.3 Å². The van der Waals surface area contributed by atoms with Crippen molar-refractivity contribution in [1.82, 2.24) is 24.1 Å². The molecule has 0 aliphatic carbocycles. The molecule has 1 radical (unpaired) electrons. The summed E-state index contributed by atoms with van der Waals surface area (Å²) in [6.45, 7) is 13.6. The Balaban J connectivity index is 0.000000232. The van der Waals surface area contributed by atoms with Gasteiger partial charge in [-0.3, -0.25) is 9.97 Å². The predicted molar refractivity (Wildman–Crippen MR) is 283 cm³/mol. The van der Waals surface area contributed by atoms with Crippen molar-refractivity contribution in [3.63, 3.8) is 0 Å². The number of hydrogen-bond acceptors (Lipinski definition) is 4. The molecule has 11 rings (SSSR count). The zero-order valence-electron chi connectivity index (χ0n) is 40.4. The first-order valence-corrected chi connectivity index (χ1v) is 31.0. The van der Waals surface area contributed by atoms with E-state index < -0.39 is 13.3 Å². The number of pyridine rings is 2. The van der Waals surface area contributed by atoms with E-state index in [1.165, 1.54) is 27.5 Å². The average molecular weight is 1130 g/mol. The van der Waals surface area contributed by atoms with Crippen molar-refractivity contribution in [2.75, 3.05) is 0 Å². The Morgan fingerprint density at radius 3 is 1.94 bits per heavy atom. The summed E-state index contributed by atoms with van der Waals surface area (Å²) in [6.07, 6.45) is 7.01. The number of aromatic nitrogens is 5. The van der Waals surface area contributed by atoms with Crippen LogP contribution in [-0.4, -0.2) is 37.4 Å². The second-order valence-corrected chi connectivity index (χ2v) is 30.4. The van der Waals surface area contributed by atoms with Crippen LogP contribution < -0.4 is 4.40 Å². The van der Waals surface area contributed by atoms with Crippen LogP contribution >= 0.6 is 0 Å². The number of para-hydroxylation sites is 4. The van der Waals surface area contributed by atoms with Crippen molar-refractivity contribution in [2.24, 2.45) is 5.92 Å². The van der Waals surface area contributed by atoms with Gasteiger partial charge in [-0.15, -0.1) is 12.1 Å². The van der Waals surface area contributed by atoms with E-state index in [2.05, 4.69) is 188 Å². The largest absolute Gasteiger partial charge is 0.500 e. The fraction of sp³-hybridized carbons (Fsp3) is 0.217. The molecule has 0 spiro atoms. The maximum absolute atomic E-state index is 6.83. The minimum atomic E-state index is -1.86. The van der Waals surface area contributed by atoms with Gasteiger partial charge in [-0.2, -0.15) is 0 Å². The Morgan fingerprint density at radius 1 is 0.662 bits per heavy atom. The van der Waals surface area contributed by atoms with Crippen molar-refractivity contribution in [3.8, 4) is 34.0 Å². The van der Waals surface area contributed by atoms with E-state index in [4.69, 9.17) is 14.4 Å². The zero-order valence-corrected chi connectivity index (χ0v) is 44.8. The number of hydrogen-bond donors (Lipinski definition) is 0. The summed E-state index contributed by atoms with van der Waals surface area (Å²) >= 11 is -1.86. The van der Waals surface area contributed by atoms with Crippen LogP contribution in [0.5, 0.6) is 0 Å². The SMILES string of the molecule is CC(C)Cc1cc(-c2[c-]cccc2)nc[c]1[Ge]([CH3])([CH3])[CH3].CC(C)c1cccc(C(C)C)c1-n1c(-c2[c-]cc(-n3c4ccccc4c4ccccc43)c3c2oc2ccccc23)nc2ccncc21.[Ir]. The third kappa shape index (κ3) is 8.54. The topological polar surface area (TPSA) is 61.7 Å². The van der Waals surface area contributed by atoms with Crippen LogP contribution in [0.3, 0.4) is 0 Å². The third-order valence-electron chi connectivity index (χ3n) is 12.9. The molecule has 0 aliphatic heterocycles. The quantitative estimate of drug-likeness (QED) is 0.107. The number of imidazole rings is 1. The monoisotopic (exact) mass is 1130 g/mol. The molecular formula is C60H57GeIrN5O-2. The van der Waals surface area contributed by atoms with E-state index in [0.717, 1.165) is 84.4 Å². The van der Waals surface area contributed by atoms with Crippen LogP contribution in [0.25, 0.3) is 88.8 Å². The van der Waals surface area contributed by atoms with E-state index in [9.17, 15) is 0 Å². The molecule has 8 heteroatoms. The smallest absolute Gasteiger partial charge is 0.121 e. The van der Waals surface area contributed by atoms with E-state index in [1.807, 2.05) is 48.8 Å². The predicted octanol–water partition coefficient (Wildman–Crippen LogP) is 15.4. The van der Waals surface area contributed by atoms with E-state index in [-0.39, 0.29) is 20.1 Å². The fourth-order valence-electron chi connectivity index (χ4n) is 9.85. The molecule has 343 valence electrons. The number of nitrogens with zero attached hydrogens (tertiary/aromatic N) is 5. The van der Waals surface area contributed by atoms with Crippen molar-refractivity contribution < 1.29 is 24.5 Å². The molecule has 0 N–H and O–H groups in total. The van der Waals surface area contributed by atoms with Gasteiger partial charge in [0.25, 0.3) is 0 Å². The Labute approximate surface area is 416 Å². The van der Waals surface area contributed by atoms with Crippen LogP contribution in [0.1, 0.15) is 70.1 Å². The van der Waals surface area contributed by atoms with Gasteiger partial charge in [0.2, 0.25) is 0 Å². The Bertz CT molecular complexity index is 3510. The Morgan fingerprint density at radius 2 is 1.31 bits per heavy atom. The molecule has 0 amide bonds. The number of fused-ring (bicyclic) bond motifs is 7. The van der Waals surface area contributed by atoms with E-state index >= 15 is 0 Å². The summed E-state index contributed by atoms with van der Waals surface area (Å²) in [5, 5.41) is 4.53. The van der Waals surface area contributed by atoms with Crippen LogP contribution in [0.4, 0.5) is 0 Å². The molecule has 0 saturated carbocycles. The average Bonchev–Trinajstić information content (AvgIpc) is 4.01. The molecule has 0 fully saturated rings. The summed E-state index contributed by atoms with van der Waals surface area (Å²) in [5.41, 5.74) is 14.9. The number of rotatable bonds is 9. The van der Waals surface area contributed by atoms with Crippen LogP contribution in [0, 0.1) is 18.1 Å². The molecular weight excluding hydrogens is 1070 g/mol. The van der Waals surface area contributed by atoms with Gasteiger partial charge in [0.05, 0.1) is 28.6 Å². The van der Waals surface area contributed by atoms with E-state index in [1.54, 1.807) is 4.40 Å². The van der Waals surface area contributed by atoms with Gasteiger partial charge in [-0.05, 0) is 58.3 Å². The molecule has 5 heterocycles. The fourth-order valence-corrected chi connectivity index (χ4v) is 13.2. The van der Waals surface area contributed by atoms with Crippen LogP contribution in [-0.2, 0) is 26.5 Å². The van der Waals surface area contributed by atoms with Gasteiger partial charge < -0.3 is 13.6 Å². The molecule has 68 heavy (non-hydrogen) atoms. The Hall–Kier alpha value is -6.12. The number of benzene rings is 6.